The first-order chi connectivity index (χ1) is 11.2. The summed E-state index contributed by atoms with van der Waals surface area (Å²) in [5.74, 6) is -0.125. The molecule has 4 aromatic rings. The topological polar surface area (TPSA) is 54.9 Å². The van der Waals surface area contributed by atoms with Gasteiger partial charge in [0.05, 0.1) is 26.9 Å². The Kier molecular flexibility index (Phi) is 3.28. The predicted molar refractivity (Wildman–Crippen MR) is 94.1 cm³/mol. The van der Waals surface area contributed by atoms with Gasteiger partial charge in [-0.25, -0.2) is 4.98 Å². The maximum atomic E-state index is 12.6. The lowest BCUT2D eigenvalue weighted by Gasteiger charge is -2.11. The third kappa shape index (κ3) is 2.45. The molecule has 0 saturated heterocycles. The number of nitrogens with zero attached hydrogens (tertiary/aromatic N) is 2. The van der Waals surface area contributed by atoms with Crippen LogP contribution in [-0.4, -0.2) is 15.9 Å². The van der Waals surface area contributed by atoms with Gasteiger partial charge in [-0.1, -0.05) is 6.07 Å². The highest BCUT2D eigenvalue weighted by Crippen LogP contribution is 2.27. The van der Waals surface area contributed by atoms with E-state index in [0.29, 0.717) is 5.56 Å². The molecule has 0 aliphatic carbocycles. The Morgan fingerprint density at radius 1 is 1.09 bits per heavy atom. The van der Waals surface area contributed by atoms with Gasteiger partial charge >= 0.3 is 0 Å². The minimum atomic E-state index is -0.125. The lowest BCUT2D eigenvalue weighted by molar-refractivity contribution is 0.102. The number of aryl methyl sites for hydroxylation is 1. The van der Waals surface area contributed by atoms with E-state index in [9.17, 15) is 4.79 Å². The van der Waals surface area contributed by atoms with Gasteiger partial charge in [0.15, 0.2) is 0 Å². The Hall–Kier alpha value is -2.79. The Labute approximate surface area is 136 Å². The van der Waals surface area contributed by atoms with Crippen LogP contribution < -0.4 is 5.32 Å². The quantitative estimate of drug-likeness (QED) is 0.595. The Balaban J connectivity index is 1.75. The first kappa shape index (κ1) is 13.8. The van der Waals surface area contributed by atoms with Crippen molar-refractivity contribution >= 4 is 44.1 Å². The SMILES string of the molecule is Cc1ccc2ncccc2c1NC(=O)c1ccc2ncsc2c1. The van der Waals surface area contributed by atoms with Crippen molar-refractivity contribution in [2.24, 2.45) is 0 Å². The minimum Gasteiger partial charge on any atom is -0.321 e. The average molecular weight is 319 g/mol. The molecule has 1 N–H and O–H groups in total. The summed E-state index contributed by atoms with van der Waals surface area (Å²) in [6.45, 7) is 1.98. The van der Waals surface area contributed by atoms with E-state index in [4.69, 9.17) is 0 Å². The number of hydrogen-bond acceptors (Lipinski definition) is 4. The van der Waals surface area contributed by atoms with Gasteiger partial charge in [-0.2, -0.15) is 0 Å². The molecule has 0 fully saturated rings. The zero-order valence-electron chi connectivity index (χ0n) is 12.4. The van der Waals surface area contributed by atoms with Gasteiger partial charge in [-0.3, -0.25) is 9.78 Å². The van der Waals surface area contributed by atoms with Gasteiger partial charge in [0.1, 0.15) is 0 Å². The molecular formula is C18H13N3OS. The molecular weight excluding hydrogens is 306 g/mol. The molecule has 0 unspecified atom stereocenters. The number of aromatic nitrogens is 2. The molecule has 0 aliphatic heterocycles. The second kappa shape index (κ2) is 5.44. The van der Waals surface area contributed by atoms with E-state index in [1.807, 2.05) is 43.3 Å². The van der Waals surface area contributed by atoms with Gasteiger partial charge in [0.2, 0.25) is 0 Å². The number of pyridine rings is 1. The fourth-order valence-electron chi connectivity index (χ4n) is 2.61. The average Bonchev–Trinajstić information content (AvgIpc) is 3.05. The number of benzene rings is 2. The first-order valence-electron chi connectivity index (χ1n) is 7.21. The number of fused-ring (bicyclic) bond motifs is 2. The van der Waals surface area contributed by atoms with Crippen molar-refractivity contribution < 1.29 is 4.79 Å². The molecule has 2 aromatic heterocycles. The number of carbonyl (C=O) groups is 1. The van der Waals surface area contributed by atoms with Crippen LogP contribution >= 0.6 is 11.3 Å². The number of nitrogens with one attached hydrogen (secondary N) is 1. The molecule has 2 heterocycles. The van der Waals surface area contributed by atoms with Crippen molar-refractivity contribution in [3.63, 3.8) is 0 Å². The highest BCUT2D eigenvalue weighted by atomic mass is 32.1. The normalized spacial score (nSPS) is 11.0. The van der Waals surface area contributed by atoms with E-state index in [0.717, 1.165) is 32.4 Å². The van der Waals surface area contributed by atoms with Crippen LogP contribution in [0.15, 0.2) is 54.2 Å². The number of rotatable bonds is 2. The molecule has 0 atom stereocenters. The minimum absolute atomic E-state index is 0.125. The molecule has 5 heteroatoms. The second-order valence-electron chi connectivity index (χ2n) is 5.32. The number of hydrogen-bond donors (Lipinski definition) is 1. The van der Waals surface area contributed by atoms with Crippen molar-refractivity contribution in [2.45, 2.75) is 6.92 Å². The lowest BCUT2D eigenvalue weighted by Crippen LogP contribution is -2.13. The van der Waals surface area contributed by atoms with Crippen LogP contribution in [0.3, 0.4) is 0 Å². The van der Waals surface area contributed by atoms with E-state index in [1.165, 1.54) is 11.3 Å². The predicted octanol–water partition coefficient (Wildman–Crippen LogP) is 4.41. The largest absolute Gasteiger partial charge is 0.321 e. The Morgan fingerprint density at radius 3 is 2.87 bits per heavy atom. The summed E-state index contributed by atoms with van der Waals surface area (Å²) in [7, 11) is 0. The lowest BCUT2D eigenvalue weighted by atomic mass is 10.1. The van der Waals surface area contributed by atoms with Gasteiger partial charge < -0.3 is 5.32 Å². The summed E-state index contributed by atoms with van der Waals surface area (Å²) in [6.07, 6.45) is 1.75. The molecule has 23 heavy (non-hydrogen) atoms. The van der Waals surface area contributed by atoms with Crippen LogP contribution in [0, 0.1) is 6.92 Å². The van der Waals surface area contributed by atoms with Gasteiger partial charge in [-0.15, -0.1) is 11.3 Å². The maximum Gasteiger partial charge on any atom is 0.255 e. The van der Waals surface area contributed by atoms with Crippen molar-refractivity contribution in [1.29, 1.82) is 0 Å². The van der Waals surface area contributed by atoms with Gasteiger partial charge in [0, 0.05) is 17.1 Å². The zero-order valence-corrected chi connectivity index (χ0v) is 13.2. The highest BCUT2D eigenvalue weighted by Gasteiger charge is 2.12. The van der Waals surface area contributed by atoms with Gasteiger partial charge in [-0.05, 0) is 48.9 Å². The van der Waals surface area contributed by atoms with E-state index in [1.54, 1.807) is 17.8 Å². The van der Waals surface area contributed by atoms with E-state index in [2.05, 4.69) is 15.3 Å². The van der Waals surface area contributed by atoms with Crippen molar-refractivity contribution in [3.8, 4) is 0 Å². The molecule has 0 aliphatic rings. The number of thiazole rings is 1. The summed E-state index contributed by atoms with van der Waals surface area (Å²) < 4.78 is 1.01. The standard InChI is InChI=1S/C18H13N3OS/c1-11-4-6-14-13(3-2-8-19-14)17(11)21-18(22)12-5-7-15-16(9-12)23-10-20-15/h2-10H,1H3,(H,21,22). The van der Waals surface area contributed by atoms with E-state index < -0.39 is 0 Å². The molecule has 2 aromatic carbocycles. The number of amides is 1. The fourth-order valence-corrected chi connectivity index (χ4v) is 3.33. The third-order valence-corrected chi connectivity index (χ3v) is 4.62. The zero-order chi connectivity index (χ0) is 15.8. The van der Waals surface area contributed by atoms with Crippen molar-refractivity contribution in [3.05, 3.63) is 65.3 Å². The molecule has 4 nitrogen and oxygen atoms in total. The fraction of sp³-hybridized carbons (Fsp3) is 0.0556. The number of carbonyl (C=O) groups excluding carboxylic acids is 1. The van der Waals surface area contributed by atoms with Crippen molar-refractivity contribution in [2.75, 3.05) is 5.32 Å². The molecule has 4 rings (SSSR count). The molecule has 0 spiro atoms. The summed E-state index contributed by atoms with van der Waals surface area (Å²) >= 11 is 1.53. The third-order valence-electron chi connectivity index (χ3n) is 3.83. The van der Waals surface area contributed by atoms with E-state index >= 15 is 0 Å². The molecule has 112 valence electrons. The van der Waals surface area contributed by atoms with Crippen LogP contribution in [0.1, 0.15) is 15.9 Å². The Bertz CT molecular complexity index is 1040. The smallest absolute Gasteiger partial charge is 0.255 e. The van der Waals surface area contributed by atoms with Gasteiger partial charge in [0.25, 0.3) is 5.91 Å². The molecule has 1 amide bonds. The Morgan fingerprint density at radius 2 is 1.96 bits per heavy atom. The van der Waals surface area contributed by atoms with Crippen LogP contribution in [0.25, 0.3) is 21.1 Å². The molecule has 0 bridgehead atoms. The summed E-state index contributed by atoms with van der Waals surface area (Å²) in [6, 6.07) is 13.3. The highest BCUT2D eigenvalue weighted by molar-refractivity contribution is 7.16. The van der Waals surface area contributed by atoms with Crippen LogP contribution in [0.4, 0.5) is 5.69 Å². The van der Waals surface area contributed by atoms with Crippen LogP contribution in [0.2, 0.25) is 0 Å². The van der Waals surface area contributed by atoms with Crippen LogP contribution in [-0.2, 0) is 0 Å². The monoisotopic (exact) mass is 319 g/mol. The summed E-state index contributed by atoms with van der Waals surface area (Å²) in [5.41, 5.74) is 6.01. The second-order valence-corrected chi connectivity index (χ2v) is 6.20. The van der Waals surface area contributed by atoms with Crippen LogP contribution in [0.5, 0.6) is 0 Å². The number of anilines is 1. The molecule has 0 saturated carbocycles. The molecule has 0 radical (unpaired) electrons. The van der Waals surface area contributed by atoms with Crippen molar-refractivity contribution in [1.82, 2.24) is 9.97 Å². The maximum absolute atomic E-state index is 12.6. The first-order valence-corrected chi connectivity index (χ1v) is 8.09. The van der Waals surface area contributed by atoms with E-state index in [-0.39, 0.29) is 5.91 Å². The summed E-state index contributed by atoms with van der Waals surface area (Å²) in [4.78, 5) is 21.2. The summed E-state index contributed by atoms with van der Waals surface area (Å²) in [5, 5.41) is 3.98.